The molecule has 11 aromatic rings. The molecule has 0 fully saturated rings. The van der Waals surface area contributed by atoms with E-state index >= 15 is 9.59 Å². The maximum absolute atomic E-state index is 15.7. The SMILES string of the molecule is O=C1c2cccc(-n3c4ccccc4c4cccc(-n5c6ccccc6c6ccccc65)c43)c2C(=O)N1c1c(-c2ccccc2)cc(-c2ccccc2)cc1-c1ccccc1. The van der Waals surface area contributed by atoms with E-state index < -0.39 is 0 Å². The molecular formula is C56H35N3O2. The zero-order chi connectivity index (χ0) is 40.6. The summed E-state index contributed by atoms with van der Waals surface area (Å²) < 4.78 is 4.53. The van der Waals surface area contributed by atoms with Crippen LogP contribution in [0, 0.1) is 0 Å². The Bertz CT molecular complexity index is 3450. The van der Waals surface area contributed by atoms with Gasteiger partial charge >= 0.3 is 0 Å². The number of imide groups is 1. The highest BCUT2D eigenvalue weighted by Gasteiger charge is 2.42. The van der Waals surface area contributed by atoms with E-state index in [1.54, 1.807) is 6.07 Å². The first-order valence-electron chi connectivity index (χ1n) is 20.5. The van der Waals surface area contributed by atoms with Gasteiger partial charge in [-0.1, -0.05) is 164 Å². The van der Waals surface area contributed by atoms with E-state index in [-0.39, 0.29) is 11.8 Å². The minimum Gasteiger partial charge on any atom is -0.307 e. The Morgan fingerprint density at radius 1 is 0.311 bits per heavy atom. The number of benzene rings is 9. The molecule has 0 aliphatic carbocycles. The Kier molecular flexibility index (Phi) is 7.77. The third kappa shape index (κ3) is 5.21. The number of aromatic nitrogens is 2. The van der Waals surface area contributed by atoms with E-state index in [9.17, 15) is 0 Å². The van der Waals surface area contributed by atoms with E-state index in [1.807, 2.05) is 97.1 Å². The molecule has 12 rings (SSSR count). The van der Waals surface area contributed by atoms with Crippen molar-refractivity contribution in [1.29, 1.82) is 0 Å². The number of fused-ring (bicyclic) bond motifs is 7. The summed E-state index contributed by atoms with van der Waals surface area (Å²) in [5, 5.41) is 4.43. The first kappa shape index (κ1) is 34.7. The number of rotatable bonds is 6. The average molecular weight is 782 g/mol. The van der Waals surface area contributed by atoms with Gasteiger partial charge in [-0.15, -0.1) is 0 Å². The normalized spacial score (nSPS) is 12.6. The van der Waals surface area contributed by atoms with E-state index in [0.717, 1.165) is 82.7 Å². The predicted molar refractivity (Wildman–Crippen MR) is 249 cm³/mol. The molecule has 0 saturated heterocycles. The fraction of sp³-hybridized carbons (Fsp3) is 0. The van der Waals surface area contributed by atoms with Crippen molar-refractivity contribution >= 4 is 61.1 Å². The molecule has 0 radical (unpaired) electrons. The van der Waals surface area contributed by atoms with Crippen LogP contribution in [-0.2, 0) is 0 Å². The van der Waals surface area contributed by atoms with Gasteiger partial charge in [0.15, 0.2) is 0 Å². The summed E-state index contributed by atoms with van der Waals surface area (Å²) >= 11 is 0. The minimum absolute atomic E-state index is 0.355. The monoisotopic (exact) mass is 781 g/mol. The molecule has 1 aliphatic heterocycles. The second-order valence-electron chi connectivity index (χ2n) is 15.6. The summed E-state index contributed by atoms with van der Waals surface area (Å²) in [6.07, 6.45) is 0. The number of carbonyl (C=O) groups is 2. The highest BCUT2D eigenvalue weighted by molar-refractivity contribution is 6.37. The van der Waals surface area contributed by atoms with Gasteiger partial charge in [-0.3, -0.25) is 9.59 Å². The van der Waals surface area contributed by atoms with Gasteiger partial charge in [0.25, 0.3) is 11.8 Å². The molecule has 9 aromatic carbocycles. The number of hydrogen-bond acceptors (Lipinski definition) is 2. The van der Waals surface area contributed by atoms with Crippen molar-refractivity contribution in [3.8, 4) is 44.8 Å². The summed E-state index contributed by atoms with van der Waals surface area (Å²) in [6, 6.07) is 72.0. The molecule has 0 atom stereocenters. The molecule has 0 spiro atoms. The molecule has 3 heterocycles. The number of hydrogen-bond donors (Lipinski definition) is 0. The van der Waals surface area contributed by atoms with Crippen LogP contribution in [0.5, 0.6) is 0 Å². The molecule has 61 heavy (non-hydrogen) atoms. The molecule has 286 valence electrons. The third-order valence-electron chi connectivity index (χ3n) is 12.2. The first-order chi connectivity index (χ1) is 30.2. The second-order valence-corrected chi connectivity index (χ2v) is 15.6. The lowest BCUT2D eigenvalue weighted by molar-refractivity contribution is 0.0926. The fourth-order valence-corrected chi connectivity index (χ4v) is 9.62. The van der Waals surface area contributed by atoms with Crippen molar-refractivity contribution in [3.63, 3.8) is 0 Å². The van der Waals surface area contributed by atoms with E-state index in [4.69, 9.17) is 0 Å². The molecule has 2 amide bonds. The van der Waals surface area contributed by atoms with Crippen LogP contribution in [0.2, 0.25) is 0 Å². The fourth-order valence-electron chi connectivity index (χ4n) is 9.62. The average Bonchev–Trinajstić information content (AvgIpc) is 3.94. The Balaban J connectivity index is 1.14. The molecule has 1 aliphatic rings. The Morgan fingerprint density at radius 3 is 1.33 bits per heavy atom. The van der Waals surface area contributed by atoms with Gasteiger partial charge in [-0.2, -0.15) is 0 Å². The molecule has 0 saturated carbocycles. The standard InChI is InChI=1S/C56H35N3O2/c60-55-44-28-17-32-50(58-49-31-15-12-26-42(49)43-27-16-33-51(54(43)58)57-47-29-13-10-24-40(47)41-25-11-14-30-48(41)57)52(44)56(61)59(55)53-45(37-20-6-2-7-21-37)34-39(36-18-4-1-5-19-36)35-46(53)38-22-8-3-9-23-38/h1-35H. The molecule has 5 heteroatoms. The maximum atomic E-state index is 15.7. The molecule has 5 nitrogen and oxygen atoms in total. The van der Waals surface area contributed by atoms with Gasteiger partial charge in [0.2, 0.25) is 0 Å². The zero-order valence-electron chi connectivity index (χ0n) is 32.9. The van der Waals surface area contributed by atoms with Crippen molar-refractivity contribution in [3.05, 3.63) is 223 Å². The summed E-state index contributed by atoms with van der Waals surface area (Å²) in [5.74, 6) is -0.718. The molecule has 0 unspecified atom stereocenters. The Morgan fingerprint density at radius 2 is 0.754 bits per heavy atom. The quantitative estimate of drug-likeness (QED) is 0.158. The van der Waals surface area contributed by atoms with Crippen LogP contribution in [-0.4, -0.2) is 20.9 Å². The van der Waals surface area contributed by atoms with Crippen LogP contribution in [0.4, 0.5) is 5.69 Å². The van der Waals surface area contributed by atoms with Crippen LogP contribution < -0.4 is 4.90 Å². The van der Waals surface area contributed by atoms with Crippen LogP contribution in [0.15, 0.2) is 212 Å². The van der Waals surface area contributed by atoms with Crippen molar-refractivity contribution in [2.45, 2.75) is 0 Å². The van der Waals surface area contributed by atoms with Crippen molar-refractivity contribution in [1.82, 2.24) is 9.13 Å². The minimum atomic E-state index is -0.363. The topological polar surface area (TPSA) is 47.2 Å². The molecule has 0 N–H and O–H groups in total. The third-order valence-corrected chi connectivity index (χ3v) is 12.2. The summed E-state index contributed by atoms with van der Waals surface area (Å²) in [4.78, 5) is 32.3. The number of amides is 2. The Hall–Kier alpha value is -8.28. The molecule has 2 aromatic heterocycles. The van der Waals surface area contributed by atoms with Crippen molar-refractivity contribution in [2.75, 3.05) is 4.90 Å². The highest BCUT2D eigenvalue weighted by atomic mass is 16.2. The number of nitrogens with zero attached hydrogens (tertiary/aromatic N) is 3. The van der Waals surface area contributed by atoms with Gasteiger partial charge in [-0.05, 0) is 70.8 Å². The van der Waals surface area contributed by atoms with Crippen LogP contribution in [0.25, 0.3) is 88.4 Å². The largest absolute Gasteiger partial charge is 0.307 e. The smallest absolute Gasteiger partial charge is 0.268 e. The van der Waals surface area contributed by atoms with Crippen molar-refractivity contribution < 1.29 is 9.59 Å². The molecular weight excluding hydrogens is 747 g/mol. The number of para-hydroxylation sites is 4. The van der Waals surface area contributed by atoms with Gasteiger partial charge in [-0.25, -0.2) is 4.90 Å². The summed E-state index contributed by atoms with van der Waals surface area (Å²) in [6.45, 7) is 0. The second kappa shape index (κ2) is 13.7. The van der Waals surface area contributed by atoms with Crippen LogP contribution in [0.1, 0.15) is 20.7 Å². The van der Waals surface area contributed by atoms with Gasteiger partial charge in [0.1, 0.15) is 0 Å². The predicted octanol–water partition coefficient (Wildman–Crippen LogP) is 13.7. The lowest BCUT2D eigenvalue weighted by atomic mass is 9.90. The van der Waals surface area contributed by atoms with Gasteiger partial charge < -0.3 is 9.13 Å². The van der Waals surface area contributed by atoms with E-state index in [0.29, 0.717) is 22.5 Å². The summed E-state index contributed by atoms with van der Waals surface area (Å²) in [5.41, 5.74) is 12.4. The van der Waals surface area contributed by atoms with Crippen LogP contribution >= 0.6 is 0 Å². The maximum Gasteiger partial charge on any atom is 0.268 e. The number of anilines is 1. The highest BCUT2D eigenvalue weighted by Crippen LogP contribution is 2.47. The van der Waals surface area contributed by atoms with E-state index in [1.165, 1.54) is 4.90 Å². The molecule has 0 bridgehead atoms. The summed E-state index contributed by atoms with van der Waals surface area (Å²) in [7, 11) is 0. The van der Waals surface area contributed by atoms with Crippen molar-refractivity contribution in [2.24, 2.45) is 0 Å². The van der Waals surface area contributed by atoms with Crippen LogP contribution in [0.3, 0.4) is 0 Å². The number of carbonyl (C=O) groups excluding carboxylic acids is 2. The van der Waals surface area contributed by atoms with Gasteiger partial charge in [0, 0.05) is 32.7 Å². The Labute approximate surface area is 351 Å². The lowest BCUT2D eigenvalue weighted by Gasteiger charge is -2.24. The zero-order valence-corrected chi connectivity index (χ0v) is 32.9. The lowest BCUT2D eigenvalue weighted by Crippen LogP contribution is -2.30. The first-order valence-corrected chi connectivity index (χ1v) is 20.5. The van der Waals surface area contributed by atoms with Gasteiger partial charge in [0.05, 0.1) is 50.3 Å². The van der Waals surface area contributed by atoms with E-state index in [2.05, 4.69) is 118 Å².